The Bertz CT molecular complexity index is 747. The molecule has 1 aromatic heterocycles. The van der Waals surface area contributed by atoms with Crippen molar-refractivity contribution in [2.24, 2.45) is 0 Å². The molecule has 4 nitrogen and oxygen atoms in total. The summed E-state index contributed by atoms with van der Waals surface area (Å²) in [5.41, 5.74) is 1.85. The van der Waals surface area contributed by atoms with Crippen molar-refractivity contribution in [3.63, 3.8) is 0 Å². The van der Waals surface area contributed by atoms with Crippen LogP contribution in [-0.2, 0) is 6.61 Å². The van der Waals surface area contributed by atoms with Crippen LogP contribution in [0.5, 0.6) is 5.75 Å². The van der Waals surface area contributed by atoms with Gasteiger partial charge in [0.15, 0.2) is 0 Å². The molecule has 0 aliphatic carbocycles. The smallest absolute Gasteiger partial charge is 0.489 e. The van der Waals surface area contributed by atoms with Gasteiger partial charge in [0, 0.05) is 11.6 Å². The Kier molecular flexibility index (Phi) is 3.86. The predicted octanol–water partition coefficient (Wildman–Crippen LogP) is 1.49. The first-order chi connectivity index (χ1) is 10.3. The molecule has 0 saturated carbocycles. The summed E-state index contributed by atoms with van der Waals surface area (Å²) in [6.45, 7) is 0.360. The van der Waals surface area contributed by atoms with Crippen LogP contribution in [-0.4, -0.2) is 22.2 Å². The van der Waals surface area contributed by atoms with Gasteiger partial charge < -0.3 is 14.8 Å². The molecule has 3 aromatic rings. The molecule has 0 amide bonds. The Balaban J connectivity index is 1.96. The van der Waals surface area contributed by atoms with Crippen LogP contribution in [0.4, 0.5) is 0 Å². The van der Waals surface area contributed by atoms with Crippen LogP contribution in [0.25, 0.3) is 10.9 Å². The van der Waals surface area contributed by atoms with Gasteiger partial charge in [0.05, 0.1) is 11.0 Å². The number of rotatable bonds is 4. The van der Waals surface area contributed by atoms with Crippen molar-refractivity contribution in [3.8, 4) is 5.75 Å². The molecule has 0 radical (unpaired) electrons. The fourth-order valence-corrected chi connectivity index (χ4v) is 2.26. The summed E-state index contributed by atoms with van der Waals surface area (Å²) < 4.78 is 5.73. The van der Waals surface area contributed by atoms with Crippen molar-refractivity contribution in [3.05, 3.63) is 66.4 Å². The van der Waals surface area contributed by atoms with Crippen LogP contribution in [0, 0.1) is 0 Å². The summed E-state index contributed by atoms with van der Waals surface area (Å²) in [7, 11) is -1.63. The zero-order valence-electron chi connectivity index (χ0n) is 11.3. The molecule has 0 atom stereocenters. The van der Waals surface area contributed by atoms with Gasteiger partial charge in [-0.1, -0.05) is 36.4 Å². The van der Waals surface area contributed by atoms with Gasteiger partial charge in [-0.05, 0) is 23.8 Å². The lowest BCUT2D eigenvalue weighted by Gasteiger charge is -2.13. The van der Waals surface area contributed by atoms with E-state index in [-0.39, 0.29) is 0 Å². The molecule has 2 aromatic carbocycles. The molecule has 0 unspecified atom stereocenters. The minimum Gasteiger partial charge on any atom is -0.489 e. The Morgan fingerprint density at radius 2 is 1.76 bits per heavy atom. The largest absolute Gasteiger partial charge is 0.494 e. The topological polar surface area (TPSA) is 62.6 Å². The highest BCUT2D eigenvalue weighted by atomic mass is 16.5. The molecule has 0 spiro atoms. The van der Waals surface area contributed by atoms with Gasteiger partial charge in [-0.3, -0.25) is 4.98 Å². The molecule has 0 aliphatic heterocycles. The van der Waals surface area contributed by atoms with Gasteiger partial charge in [0.2, 0.25) is 0 Å². The van der Waals surface area contributed by atoms with Crippen molar-refractivity contribution >= 4 is 23.5 Å². The van der Waals surface area contributed by atoms with Crippen LogP contribution < -0.4 is 10.2 Å². The maximum absolute atomic E-state index is 9.64. The summed E-state index contributed by atoms with van der Waals surface area (Å²) in [5, 5.41) is 20.1. The lowest BCUT2D eigenvalue weighted by molar-refractivity contribution is 0.307. The summed E-state index contributed by atoms with van der Waals surface area (Å²) in [5.74, 6) is 0.431. The van der Waals surface area contributed by atoms with Gasteiger partial charge in [-0.15, -0.1) is 0 Å². The number of pyridine rings is 1. The molecule has 1 heterocycles. The van der Waals surface area contributed by atoms with Crippen molar-refractivity contribution in [1.82, 2.24) is 4.98 Å². The van der Waals surface area contributed by atoms with E-state index in [1.54, 1.807) is 18.3 Å². The minimum atomic E-state index is -1.63. The van der Waals surface area contributed by atoms with Crippen LogP contribution in [0.2, 0.25) is 0 Å². The Hall–Kier alpha value is -2.37. The zero-order chi connectivity index (χ0) is 14.7. The number of aromatic nitrogens is 1. The quantitative estimate of drug-likeness (QED) is 0.710. The van der Waals surface area contributed by atoms with E-state index < -0.39 is 7.12 Å². The molecule has 5 heteroatoms. The monoisotopic (exact) mass is 279 g/mol. The number of ether oxygens (including phenoxy) is 1. The van der Waals surface area contributed by atoms with Crippen LogP contribution in [0.1, 0.15) is 5.56 Å². The fourth-order valence-electron chi connectivity index (χ4n) is 2.26. The van der Waals surface area contributed by atoms with E-state index in [2.05, 4.69) is 4.98 Å². The summed E-state index contributed by atoms with van der Waals surface area (Å²) >= 11 is 0. The molecular weight excluding hydrogens is 265 g/mol. The standard InChI is InChI=1S/C16H14BNO3/c19-17(20)15-14(21-11-12-5-2-1-3-6-12)9-8-13-7-4-10-18-16(13)15/h1-10,19-20H,11H2. The average Bonchev–Trinajstić information content (AvgIpc) is 2.53. The molecule has 21 heavy (non-hydrogen) atoms. The van der Waals surface area contributed by atoms with Crippen molar-refractivity contribution < 1.29 is 14.8 Å². The van der Waals surface area contributed by atoms with Crippen LogP contribution in [0.15, 0.2) is 60.8 Å². The molecule has 2 N–H and O–H groups in total. The van der Waals surface area contributed by atoms with Gasteiger partial charge in [-0.2, -0.15) is 0 Å². The SMILES string of the molecule is OB(O)c1c(OCc2ccccc2)ccc2cccnc12. The lowest BCUT2D eigenvalue weighted by Crippen LogP contribution is -2.32. The average molecular weight is 279 g/mol. The fraction of sp³-hybridized carbons (Fsp3) is 0.0625. The van der Waals surface area contributed by atoms with Crippen LogP contribution in [0.3, 0.4) is 0 Å². The second-order valence-corrected chi connectivity index (χ2v) is 4.70. The molecule has 0 saturated heterocycles. The number of hydrogen-bond donors (Lipinski definition) is 2. The summed E-state index contributed by atoms with van der Waals surface area (Å²) in [6, 6.07) is 17.0. The first kappa shape index (κ1) is 13.6. The normalized spacial score (nSPS) is 10.6. The number of nitrogens with zero attached hydrogens (tertiary/aromatic N) is 1. The Morgan fingerprint density at radius 3 is 2.52 bits per heavy atom. The summed E-state index contributed by atoms with van der Waals surface area (Å²) in [4.78, 5) is 4.22. The van der Waals surface area contributed by atoms with Crippen molar-refractivity contribution in [2.45, 2.75) is 6.61 Å². The molecule has 3 rings (SSSR count). The third-order valence-corrected chi connectivity index (χ3v) is 3.27. The highest BCUT2D eigenvalue weighted by Gasteiger charge is 2.21. The van der Waals surface area contributed by atoms with E-state index in [9.17, 15) is 10.0 Å². The zero-order valence-corrected chi connectivity index (χ0v) is 11.3. The predicted molar refractivity (Wildman–Crippen MR) is 82.3 cm³/mol. The van der Waals surface area contributed by atoms with Gasteiger partial charge in [0.1, 0.15) is 12.4 Å². The van der Waals surface area contributed by atoms with Gasteiger partial charge in [0.25, 0.3) is 0 Å². The highest BCUT2D eigenvalue weighted by molar-refractivity contribution is 6.62. The van der Waals surface area contributed by atoms with E-state index >= 15 is 0 Å². The van der Waals surface area contributed by atoms with Crippen molar-refractivity contribution in [2.75, 3.05) is 0 Å². The van der Waals surface area contributed by atoms with E-state index in [4.69, 9.17) is 4.74 Å². The maximum Gasteiger partial charge on any atom is 0.494 e. The molecule has 104 valence electrons. The second-order valence-electron chi connectivity index (χ2n) is 4.70. The minimum absolute atomic E-state index is 0.295. The Labute approximate surface area is 122 Å². The number of hydrogen-bond acceptors (Lipinski definition) is 4. The second kappa shape index (κ2) is 5.95. The third-order valence-electron chi connectivity index (χ3n) is 3.27. The molecule has 0 bridgehead atoms. The highest BCUT2D eigenvalue weighted by Crippen LogP contribution is 2.18. The van der Waals surface area contributed by atoms with E-state index in [0.717, 1.165) is 10.9 Å². The Morgan fingerprint density at radius 1 is 0.952 bits per heavy atom. The summed E-state index contributed by atoms with van der Waals surface area (Å²) in [6.07, 6.45) is 1.62. The molecular formula is C16H14BNO3. The van der Waals surface area contributed by atoms with E-state index in [0.29, 0.717) is 23.3 Å². The van der Waals surface area contributed by atoms with Gasteiger partial charge >= 0.3 is 7.12 Å². The van der Waals surface area contributed by atoms with Crippen LogP contribution >= 0.6 is 0 Å². The molecule has 0 fully saturated rings. The number of fused-ring (bicyclic) bond motifs is 1. The first-order valence-corrected chi connectivity index (χ1v) is 6.66. The van der Waals surface area contributed by atoms with E-state index in [1.807, 2.05) is 42.5 Å². The van der Waals surface area contributed by atoms with E-state index in [1.165, 1.54) is 0 Å². The molecule has 0 aliphatic rings. The van der Waals surface area contributed by atoms with Gasteiger partial charge in [-0.25, -0.2) is 0 Å². The van der Waals surface area contributed by atoms with Crippen molar-refractivity contribution in [1.29, 1.82) is 0 Å². The first-order valence-electron chi connectivity index (χ1n) is 6.66. The maximum atomic E-state index is 9.64. The third kappa shape index (κ3) is 2.89. The number of benzene rings is 2. The lowest BCUT2D eigenvalue weighted by atomic mass is 9.78.